The van der Waals surface area contributed by atoms with Gasteiger partial charge in [-0.05, 0) is 6.42 Å². The molecule has 0 aromatic rings. The predicted octanol–water partition coefficient (Wildman–Crippen LogP) is -1.46. The summed E-state index contributed by atoms with van der Waals surface area (Å²) in [5, 5.41) is 34.4. The summed E-state index contributed by atoms with van der Waals surface area (Å²) in [4.78, 5) is 22.4. The van der Waals surface area contributed by atoms with Crippen LogP contribution in [0.4, 0.5) is 4.79 Å². The van der Waals surface area contributed by atoms with Crippen LogP contribution in [0.3, 0.4) is 0 Å². The van der Waals surface area contributed by atoms with Gasteiger partial charge in [0.25, 0.3) is 0 Å². The smallest absolute Gasteiger partial charge is 0.340 e. The van der Waals surface area contributed by atoms with Gasteiger partial charge in [0.2, 0.25) is 0 Å². The fraction of sp³-hybridized carbons (Fsp3) is 0.909. The summed E-state index contributed by atoms with van der Waals surface area (Å²) >= 11 is 0. The van der Waals surface area contributed by atoms with Gasteiger partial charge in [-0.15, -0.1) is 4.91 Å². The molecule has 0 aliphatic carbocycles. The molecule has 1 saturated heterocycles. The van der Waals surface area contributed by atoms with Crippen molar-refractivity contribution < 1.29 is 29.6 Å². The maximum absolute atomic E-state index is 11.9. The van der Waals surface area contributed by atoms with Crippen molar-refractivity contribution >= 4 is 6.03 Å². The highest BCUT2D eigenvalue weighted by molar-refractivity contribution is 5.74. The summed E-state index contributed by atoms with van der Waals surface area (Å²) in [6.45, 7) is 1.35. The maximum atomic E-state index is 11.9. The standard InChI is InChI=1S/C11H21N3O7/c1-3-4-14(13-19)11(18)12-7-9(17)8(16)6(5-15)21-10(7)20-2/h6-10,15-17H,3-5H2,1-2H3,(H,12,18)/t6-,7-,8-,9-,10+/m1/s1. The lowest BCUT2D eigenvalue weighted by Crippen LogP contribution is -2.65. The Hall–Kier alpha value is -1.33. The molecule has 10 heteroatoms. The van der Waals surface area contributed by atoms with Gasteiger partial charge in [0, 0.05) is 13.7 Å². The molecule has 1 aliphatic heterocycles. The number of methoxy groups -OCH3 is 1. The number of rotatable bonds is 6. The third-order valence-corrected chi connectivity index (χ3v) is 3.17. The van der Waals surface area contributed by atoms with Crippen LogP contribution in [0, 0.1) is 4.91 Å². The zero-order valence-corrected chi connectivity index (χ0v) is 11.9. The number of nitrogens with zero attached hydrogens (tertiary/aromatic N) is 2. The molecular formula is C11H21N3O7. The maximum Gasteiger partial charge on any atom is 0.340 e. The lowest BCUT2D eigenvalue weighted by atomic mass is 9.97. The van der Waals surface area contributed by atoms with Crippen molar-refractivity contribution in [3.63, 3.8) is 0 Å². The summed E-state index contributed by atoms with van der Waals surface area (Å²) < 4.78 is 10.2. The van der Waals surface area contributed by atoms with Crippen molar-refractivity contribution in [1.29, 1.82) is 0 Å². The van der Waals surface area contributed by atoms with Crippen molar-refractivity contribution in [2.75, 3.05) is 20.3 Å². The van der Waals surface area contributed by atoms with Crippen LogP contribution in [-0.4, -0.2) is 77.3 Å². The molecule has 2 amide bonds. The van der Waals surface area contributed by atoms with Gasteiger partial charge in [0.1, 0.15) is 24.4 Å². The van der Waals surface area contributed by atoms with Gasteiger partial charge in [0.15, 0.2) is 6.29 Å². The number of amides is 2. The minimum Gasteiger partial charge on any atom is -0.394 e. The van der Waals surface area contributed by atoms with E-state index in [4.69, 9.17) is 14.6 Å². The number of carbonyl (C=O) groups is 1. The second-order valence-electron chi connectivity index (χ2n) is 4.62. The van der Waals surface area contributed by atoms with Gasteiger partial charge >= 0.3 is 6.03 Å². The van der Waals surface area contributed by atoms with Crippen LogP contribution in [0.1, 0.15) is 13.3 Å². The second kappa shape index (κ2) is 8.20. The van der Waals surface area contributed by atoms with E-state index in [-0.39, 0.29) is 6.54 Å². The first-order chi connectivity index (χ1) is 9.99. The Labute approximate surface area is 121 Å². The SMILES string of the molecule is CCCN(N=O)C(=O)N[C@H]1[C@@H](OC)O[C@H](CO)[C@@H](O)[C@@H]1O. The largest absolute Gasteiger partial charge is 0.394 e. The van der Waals surface area contributed by atoms with Crippen LogP contribution in [0.5, 0.6) is 0 Å². The number of hydrogen-bond donors (Lipinski definition) is 4. The van der Waals surface area contributed by atoms with Gasteiger partial charge in [-0.3, -0.25) is 0 Å². The van der Waals surface area contributed by atoms with E-state index in [0.717, 1.165) is 0 Å². The van der Waals surface area contributed by atoms with Crippen LogP contribution >= 0.6 is 0 Å². The highest BCUT2D eigenvalue weighted by atomic mass is 16.7. The molecule has 1 heterocycles. The summed E-state index contributed by atoms with van der Waals surface area (Å²) in [5.41, 5.74) is 0. The van der Waals surface area contributed by atoms with Crippen molar-refractivity contribution in [3.05, 3.63) is 4.91 Å². The highest BCUT2D eigenvalue weighted by Crippen LogP contribution is 2.21. The molecule has 5 atom stereocenters. The molecular weight excluding hydrogens is 286 g/mol. The van der Waals surface area contributed by atoms with E-state index in [1.165, 1.54) is 7.11 Å². The second-order valence-corrected chi connectivity index (χ2v) is 4.62. The number of hydrogen-bond acceptors (Lipinski definition) is 8. The molecule has 0 spiro atoms. The van der Waals surface area contributed by atoms with Gasteiger partial charge in [-0.2, -0.15) is 5.01 Å². The van der Waals surface area contributed by atoms with Crippen LogP contribution in [0.2, 0.25) is 0 Å². The molecule has 122 valence electrons. The fourth-order valence-electron chi connectivity index (χ4n) is 2.05. The van der Waals surface area contributed by atoms with Crippen LogP contribution in [0.15, 0.2) is 5.29 Å². The zero-order valence-electron chi connectivity index (χ0n) is 11.9. The van der Waals surface area contributed by atoms with E-state index >= 15 is 0 Å². The first kappa shape index (κ1) is 17.7. The van der Waals surface area contributed by atoms with E-state index in [9.17, 15) is 19.9 Å². The van der Waals surface area contributed by atoms with Crippen LogP contribution < -0.4 is 5.32 Å². The normalized spacial score (nSPS) is 32.5. The van der Waals surface area contributed by atoms with Crippen molar-refractivity contribution in [3.8, 4) is 0 Å². The molecule has 1 aliphatic rings. The zero-order chi connectivity index (χ0) is 16.0. The quantitative estimate of drug-likeness (QED) is 0.347. The van der Waals surface area contributed by atoms with E-state index < -0.39 is 43.3 Å². The molecule has 4 N–H and O–H groups in total. The summed E-state index contributed by atoms with van der Waals surface area (Å²) in [6.07, 6.45) is -4.43. The minimum absolute atomic E-state index is 0.110. The third-order valence-electron chi connectivity index (χ3n) is 3.17. The third kappa shape index (κ3) is 4.08. The Morgan fingerprint density at radius 1 is 1.43 bits per heavy atom. The molecule has 10 nitrogen and oxygen atoms in total. The molecule has 0 saturated carbocycles. The molecule has 1 rings (SSSR count). The van der Waals surface area contributed by atoms with Gasteiger partial charge in [-0.25, -0.2) is 4.79 Å². The van der Waals surface area contributed by atoms with Gasteiger partial charge in [0.05, 0.1) is 11.9 Å². The molecule has 0 radical (unpaired) electrons. The highest BCUT2D eigenvalue weighted by Gasteiger charge is 2.45. The van der Waals surface area contributed by atoms with Gasteiger partial charge < -0.3 is 30.1 Å². The summed E-state index contributed by atoms with van der Waals surface area (Å²) in [7, 11) is 1.28. The number of aliphatic hydroxyl groups is 3. The molecule has 0 bridgehead atoms. The lowest BCUT2D eigenvalue weighted by molar-refractivity contribution is -0.261. The van der Waals surface area contributed by atoms with E-state index in [0.29, 0.717) is 11.4 Å². The number of urea groups is 1. The van der Waals surface area contributed by atoms with E-state index in [1.54, 1.807) is 6.92 Å². The topological polar surface area (TPSA) is 141 Å². The lowest BCUT2D eigenvalue weighted by Gasteiger charge is -2.41. The Morgan fingerprint density at radius 3 is 2.57 bits per heavy atom. The average Bonchev–Trinajstić information content (AvgIpc) is 2.49. The first-order valence-electron chi connectivity index (χ1n) is 6.56. The number of carbonyl (C=O) groups excluding carboxylic acids is 1. The van der Waals surface area contributed by atoms with Crippen LogP contribution in [0.25, 0.3) is 0 Å². The van der Waals surface area contributed by atoms with E-state index in [1.807, 2.05) is 0 Å². The minimum atomic E-state index is -1.43. The predicted molar refractivity (Wildman–Crippen MR) is 69.9 cm³/mol. The summed E-state index contributed by atoms with van der Waals surface area (Å²) in [6, 6.07) is -1.95. The van der Waals surface area contributed by atoms with Crippen molar-refractivity contribution in [2.45, 2.75) is 44.0 Å². The average molecular weight is 307 g/mol. The molecule has 21 heavy (non-hydrogen) atoms. The Kier molecular flexibility index (Phi) is 6.92. The molecule has 1 fully saturated rings. The number of aliphatic hydroxyl groups excluding tert-OH is 3. The molecule has 0 unspecified atom stereocenters. The Morgan fingerprint density at radius 2 is 2.10 bits per heavy atom. The molecule has 0 aromatic carbocycles. The van der Waals surface area contributed by atoms with Crippen molar-refractivity contribution in [2.24, 2.45) is 5.29 Å². The first-order valence-corrected chi connectivity index (χ1v) is 6.56. The number of ether oxygens (including phenoxy) is 2. The van der Waals surface area contributed by atoms with Gasteiger partial charge in [-0.1, -0.05) is 6.92 Å². The Balaban J connectivity index is 2.79. The number of nitrogens with one attached hydrogen (secondary N) is 1. The van der Waals surface area contributed by atoms with Crippen LogP contribution in [-0.2, 0) is 9.47 Å². The Bertz CT molecular complexity index is 355. The van der Waals surface area contributed by atoms with E-state index in [2.05, 4.69) is 10.6 Å². The summed E-state index contributed by atoms with van der Waals surface area (Å²) in [5.74, 6) is 0. The monoisotopic (exact) mass is 307 g/mol. The molecule has 0 aromatic heterocycles. The van der Waals surface area contributed by atoms with Crippen molar-refractivity contribution in [1.82, 2.24) is 10.3 Å². The fourth-order valence-corrected chi connectivity index (χ4v) is 2.05. The number of nitroso groups, excluding NO2 is 1.